The Morgan fingerprint density at radius 3 is 3.05 bits per heavy atom. The van der Waals surface area contributed by atoms with Crippen molar-refractivity contribution in [3.8, 4) is 10.7 Å². The molecule has 3 rings (SSSR count). The van der Waals surface area contributed by atoms with Crippen LogP contribution in [-0.2, 0) is 11.8 Å². The molecule has 0 radical (unpaired) electrons. The van der Waals surface area contributed by atoms with E-state index in [0.29, 0.717) is 11.8 Å². The molecule has 1 unspecified atom stereocenters. The largest absolute Gasteiger partial charge is 0.339 e. The molecule has 22 heavy (non-hydrogen) atoms. The third-order valence-electron chi connectivity index (χ3n) is 4.02. The Labute approximate surface area is 138 Å². The molecule has 1 saturated heterocycles. The minimum Gasteiger partial charge on any atom is -0.339 e. The molecule has 1 aliphatic rings. The molecule has 0 saturated carbocycles. The molecule has 7 heteroatoms. The lowest BCUT2D eigenvalue weighted by Crippen LogP contribution is -2.42. The molecule has 0 spiro atoms. The van der Waals surface area contributed by atoms with Gasteiger partial charge in [0.25, 0.3) is 0 Å². The van der Waals surface area contributed by atoms with Crippen molar-refractivity contribution in [3.05, 3.63) is 17.5 Å². The number of thioether (sulfide) groups is 1. The maximum absolute atomic E-state index is 12.4. The average molecular weight is 336 g/mol. The molecule has 2 aromatic heterocycles. The van der Waals surface area contributed by atoms with Crippen molar-refractivity contribution in [2.45, 2.75) is 37.4 Å². The highest BCUT2D eigenvalue weighted by Crippen LogP contribution is 2.26. The third kappa shape index (κ3) is 3.20. The summed E-state index contributed by atoms with van der Waals surface area (Å²) >= 11 is 3.11. The van der Waals surface area contributed by atoms with Gasteiger partial charge in [0, 0.05) is 19.6 Å². The SMILES string of the molecule is CC1CCCCN1C(=O)CSc1nnc(-c2cccs2)n1C. The van der Waals surface area contributed by atoms with Crippen LogP contribution in [0.5, 0.6) is 0 Å². The van der Waals surface area contributed by atoms with Crippen LogP contribution < -0.4 is 0 Å². The lowest BCUT2D eigenvalue weighted by molar-refractivity contribution is -0.131. The fourth-order valence-electron chi connectivity index (χ4n) is 2.74. The first-order chi connectivity index (χ1) is 10.7. The van der Waals surface area contributed by atoms with Gasteiger partial charge in [-0.15, -0.1) is 21.5 Å². The van der Waals surface area contributed by atoms with Gasteiger partial charge in [-0.2, -0.15) is 0 Å². The predicted molar refractivity (Wildman–Crippen MR) is 90.1 cm³/mol. The summed E-state index contributed by atoms with van der Waals surface area (Å²) in [5.41, 5.74) is 0. The summed E-state index contributed by atoms with van der Waals surface area (Å²) in [6, 6.07) is 4.40. The van der Waals surface area contributed by atoms with Gasteiger partial charge >= 0.3 is 0 Å². The second kappa shape index (κ2) is 6.83. The molecular weight excluding hydrogens is 316 g/mol. The van der Waals surface area contributed by atoms with E-state index < -0.39 is 0 Å². The van der Waals surface area contributed by atoms with Crippen molar-refractivity contribution in [3.63, 3.8) is 0 Å². The molecule has 0 N–H and O–H groups in total. The van der Waals surface area contributed by atoms with Crippen LogP contribution in [0.2, 0.25) is 0 Å². The topological polar surface area (TPSA) is 51.0 Å². The first-order valence-electron chi connectivity index (χ1n) is 7.52. The van der Waals surface area contributed by atoms with Crippen molar-refractivity contribution in [2.75, 3.05) is 12.3 Å². The Kier molecular flexibility index (Phi) is 4.83. The van der Waals surface area contributed by atoms with Gasteiger partial charge in [0.15, 0.2) is 11.0 Å². The summed E-state index contributed by atoms with van der Waals surface area (Å²) in [6.45, 7) is 3.03. The van der Waals surface area contributed by atoms with Gasteiger partial charge in [-0.05, 0) is 37.6 Å². The molecule has 118 valence electrons. The van der Waals surface area contributed by atoms with Gasteiger partial charge in [0.1, 0.15) is 0 Å². The van der Waals surface area contributed by atoms with Gasteiger partial charge in [0.05, 0.1) is 10.6 Å². The number of carbonyl (C=O) groups is 1. The van der Waals surface area contributed by atoms with Gasteiger partial charge in [-0.25, -0.2) is 0 Å². The zero-order chi connectivity index (χ0) is 15.5. The van der Waals surface area contributed by atoms with E-state index in [1.165, 1.54) is 18.2 Å². The van der Waals surface area contributed by atoms with E-state index in [4.69, 9.17) is 0 Å². The average Bonchev–Trinajstić information content (AvgIpc) is 3.15. The Morgan fingerprint density at radius 2 is 2.32 bits per heavy atom. The van der Waals surface area contributed by atoms with E-state index in [1.807, 2.05) is 34.0 Å². The molecular formula is C15H20N4OS2. The highest BCUT2D eigenvalue weighted by atomic mass is 32.2. The lowest BCUT2D eigenvalue weighted by Gasteiger charge is -2.33. The van der Waals surface area contributed by atoms with Crippen molar-refractivity contribution >= 4 is 29.0 Å². The molecule has 1 fully saturated rings. The number of thiophene rings is 1. The number of hydrogen-bond donors (Lipinski definition) is 0. The number of nitrogens with zero attached hydrogens (tertiary/aromatic N) is 4. The molecule has 2 aromatic rings. The minimum absolute atomic E-state index is 0.206. The zero-order valence-corrected chi connectivity index (χ0v) is 14.5. The highest BCUT2D eigenvalue weighted by molar-refractivity contribution is 7.99. The van der Waals surface area contributed by atoms with Crippen LogP contribution in [0.25, 0.3) is 10.7 Å². The second-order valence-corrected chi connectivity index (χ2v) is 7.45. The molecule has 1 aliphatic heterocycles. The van der Waals surface area contributed by atoms with Gasteiger partial charge < -0.3 is 9.47 Å². The van der Waals surface area contributed by atoms with Crippen molar-refractivity contribution in [2.24, 2.45) is 7.05 Å². The molecule has 3 heterocycles. The summed E-state index contributed by atoms with van der Waals surface area (Å²) in [7, 11) is 1.95. The Balaban J connectivity index is 1.63. The Morgan fingerprint density at radius 1 is 1.45 bits per heavy atom. The summed E-state index contributed by atoms with van der Waals surface area (Å²) < 4.78 is 1.96. The Bertz CT molecular complexity index is 638. The molecule has 1 amide bonds. The standard InChI is InChI=1S/C15H20N4OS2/c1-11-6-3-4-8-19(11)13(20)10-22-15-17-16-14(18(15)2)12-7-5-9-21-12/h5,7,9,11H,3-4,6,8,10H2,1-2H3. The van der Waals surface area contributed by atoms with E-state index in [1.54, 1.807) is 11.3 Å². The molecule has 1 atom stereocenters. The van der Waals surface area contributed by atoms with Gasteiger partial charge in [-0.3, -0.25) is 4.79 Å². The minimum atomic E-state index is 0.206. The number of rotatable bonds is 4. The summed E-state index contributed by atoms with van der Waals surface area (Å²) in [6.07, 6.45) is 3.46. The van der Waals surface area contributed by atoms with E-state index in [9.17, 15) is 4.79 Å². The van der Waals surface area contributed by atoms with Crippen LogP contribution in [-0.4, -0.2) is 43.9 Å². The molecule has 0 aliphatic carbocycles. The predicted octanol–water partition coefficient (Wildman–Crippen LogP) is 3.04. The van der Waals surface area contributed by atoms with Gasteiger partial charge in [0.2, 0.25) is 5.91 Å². The van der Waals surface area contributed by atoms with Crippen molar-refractivity contribution in [1.82, 2.24) is 19.7 Å². The molecule has 5 nitrogen and oxygen atoms in total. The van der Waals surface area contributed by atoms with E-state index in [-0.39, 0.29) is 5.91 Å². The number of piperidine rings is 1. The quantitative estimate of drug-likeness (QED) is 0.805. The first kappa shape index (κ1) is 15.6. The summed E-state index contributed by atoms with van der Waals surface area (Å²) in [5.74, 6) is 1.50. The van der Waals surface area contributed by atoms with Gasteiger partial charge in [-0.1, -0.05) is 17.8 Å². The monoisotopic (exact) mass is 336 g/mol. The smallest absolute Gasteiger partial charge is 0.233 e. The second-order valence-electron chi connectivity index (χ2n) is 5.56. The number of aromatic nitrogens is 3. The van der Waals surface area contributed by atoms with Crippen LogP contribution in [0.15, 0.2) is 22.7 Å². The fraction of sp³-hybridized carbons (Fsp3) is 0.533. The maximum Gasteiger partial charge on any atom is 0.233 e. The van der Waals surface area contributed by atoms with Crippen molar-refractivity contribution in [1.29, 1.82) is 0 Å². The fourth-order valence-corrected chi connectivity index (χ4v) is 4.28. The summed E-state index contributed by atoms with van der Waals surface area (Å²) in [5, 5.41) is 11.3. The van der Waals surface area contributed by atoms with Crippen LogP contribution in [0.4, 0.5) is 0 Å². The molecule has 0 aromatic carbocycles. The van der Waals surface area contributed by atoms with E-state index in [2.05, 4.69) is 17.1 Å². The number of carbonyl (C=O) groups excluding carboxylic acids is 1. The zero-order valence-electron chi connectivity index (χ0n) is 12.9. The normalized spacial score (nSPS) is 18.6. The third-order valence-corrected chi connectivity index (χ3v) is 5.90. The van der Waals surface area contributed by atoms with E-state index in [0.717, 1.165) is 35.2 Å². The Hall–Kier alpha value is -1.34. The number of hydrogen-bond acceptors (Lipinski definition) is 5. The first-order valence-corrected chi connectivity index (χ1v) is 9.39. The maximum atomic E-state index is 12.4. The number of likely N-dealkylation sites (tertiary alicyclic amines) is 1. The number of amides is 1. The highest BCUT2D eigenvalue weighted by Gasteiger charge is 2.23. The van der Waals surface area contributed by atoms with Crippen LogP contribution >= 0.6 is 23.1 Å². The van der Waals surface area contributed by atoms with Crippen molar-refractivity contribution < 1.29 is 4.79 Å². The lowest BCUT2D eigenvalue weighted by atomic mass is 10.0. The van der Waals surface area contributed by atoms with Crippen LogP contribution in [0, 0.1) is 0 Å². The van der Waals surface area contributed by atoms with Crippen LogP contribution in [0.3, 0.4) is 0 Å². The van der Waals surface area contributed by atoms with E-state index >= 15 is 0 Å². The van der Waals surface area contributed by atoms with Crippen LogP contribution in [0.1, 0.15) is 26.2 Å². The summed E-state index contributed by atoms with van der Waals surface area (Å²) in [4.78, 5) is 15.5. The molecule has 0 bridgehead atoms.